The quantitative estimate of drug-likeness (QED) is 0.793. The molecule has 2 aliphatic rings. The van der Waals surface area contributed by atoms with E-state index in [1.54, 1.807) is 0 Å². The molecule has 1 aliphatic carbocycles. The van der Waals surface area contributed by atoms with E-state index in [0.717, 1.165) is 38.3 Å². The summed E-state index contributed by atoms with van der Waals surface area (Å²) in [5, 5.41) is 0. The highest BCUT2D eigenvalue weighted by atomic mass is 16.2. The molecule has 16 heavy (non-hydrogen) atoms. The Morgan fingerprint density at radius 3 is 2.62 bits per heavy atom. The smallest absolute Gasteiger partial charge is 0.222 e. The average Bonchev–Trinajstić information content (AvgIpc) is 2.89. The first-order chi connectivity index (χ1) is 7.75. The molecular weight excluding hydrogens is 200 g/mol. The summed E-state index contributed by atoms with van der Waals surface area (Å²) >= 11 is 0. The fourth-order valence-corrected chi connectivity index (χ4v) is 3.01. The number of carbonyl (C=O) groups excluding carboxylic acids is 1. The zero-order chi connectivity index (χ0) is 11.4. The van der Waals surface area contributed by atoms with Crippen LogP contribution in [-0.2, 0) is 4.79 Å². The van der Waals surface area contributed by atoms with Gasteiger partial charge in [0.2, 0.25) is 5.91 Å². The summed E-state index contributed by atoms with van der Waals surface area (Å²) in [5.74, 6) is 1.24. The van der Waals surface area contributed by atoms with E-state index in [0.29, 0.717) is 5.91 Å². The Morgan fingerprint density at radius 1 is 1.25 bits per heavy atom. The second kappa shape index (κ2) is 5.67. The van der Waals surface area contributed by atoms with Gasteiger partial charge in [-0.1, -0.05) is 25.7 Å². The lowest BCUT2D eigenvalue weighted by atomic mass is 10.0. The number of likely N-dealkylation sites (tertiary alicyclic amines) is 1. The summed E-state index contributed by atoms with van der Waals surface area (Å²) in [6.07, 6.45) is 9.64. The topological polar surface area (TPSA) is 46.3 Å². The van der Waals surface area contributed by atoms with Gasteiger partial charge >= 0.3 is 0 Å². The van der Waals surface area contributed by atoms with Gasteiger partial charge in [0.15, 0.2) is 0 Å². The van der Waals surface area contributed by atoms with Gasteiger partial charge in [0.1, 0.15) is 0 Å². The van der Waals surface area contributed by atoms with Gasteiger partial charge in [0.25, 0.3) is 0 Å². The van der Waals surface area contributed by atoms with Gasteiger partial charge in [0, 0.05) is 25.6 Å². The fourth-order valence-electron chi connectivity index (χ4n) is 3.01. The Balaban J connectivity index is 1.60. The number of hydrogen-bond donors (Lipinski definition) is 1. The molecule has 1 amide bonds. The fraction of sp³-hybridized carbons (Fsp3) is 0.923. The minimum atomic E-state index is 0.221. The van der Waals surface area contributed by atoms with Gasteiger partial charge in [-0.15, -0.1) is 0 Å². The second-order valence-electron chi connectivity index (χ2n) is 5.43. The van der Waals surface area contributed by atoms with E-state index < -0.39 is 0 Å². The maximum atomic E-state index is 11.8. The largest absolute Gasteiger partial charge is 0.341 e. The molecule has 0 bridgehead atoms. The van der Waals surface area contributed by atoms with Crippen LogP contribution in [-0.4, -0.2) is 29.9 Å². The average molecular weight is 224 g/mol. The molecule has 2 rings (SSSR count). The van der Waals surface area contributed by atoms with E-state index in [1.165, 1.54) is 32.1 Å². The van der Waals surface area contributed by atoms with E-state index in [1.807, 2.05) is 4.90 Å². The Kier molecular flexibility index (Phi) is 4.22. The molecule has 2 N–H and O–H groups in total. The third-order valence-electron chi connectivity index (χ3n) is 4.06. The van der Waals surface area contributed by atoms with Crippen molar-refractivity contribution in [2.24, 2.45) is 11.7 Å². The van der Waals surface area contributed by atoms with E-state index in [4.69, 9.17) is 5.73 Å². The maximum Gasteiger partial charge on any atom is 0.222 e. The van der Waals surface area contributed by atoms with Crippen LogP contribution in [0.5, 0.6) is 0 Å². The van der Waals surface area contributed by atoms with Crippen molar-refractivity contribution in [3.63, 3.8) is 0 Å². The highest BCUT2D eigenvalue weighted by Crippen LogP contribution is 2.29. The van der Waals surface area contributed by atoms with E-state index in [2.05, 4.69) is 0 Å². The Bertz CT molecular complexity index is 236. The van der Waals surface area contributed by atoms with Crippen LogP contribution in [0.3, 0.4) is 0 Å². The van der Waals surface area contributed by atoms with Gasteiger partial charge in [-0.2, -0.15) is 0 Å². The van der Waals surface area contributed by atoms with Crippen molar-refractivity contribution < 1.29 is 4.79 Å². The molecule has 0 radical (unpaired) electrons. The molecule has 3 heteroatoms. The number of carbonyl (C=O) groups is 1. The lowest BCUT2D eigenvalue weighted by Gasteiger charge is -2.16. The number of nitrogens with zero attached hydrogens (tertiary/aromatic N) is 1. The van der Waals surface area contributed by atoms with Gasteiger partial charge in [0.05, 0.1) is 0 Å². The van der Waals surface area contributed by atoms with Crippen LogP contribution < -0.4 is 5.73 Å². The summed E-state index contributed by atoms with van der Waals surface area (Å²) < 4.78 is 0. The number of nitrogens with two attached hydrogens (primary N) is 1. The molecular formula is C13H24N2O. The Hall–Kier alpha value is -0.570. The summed E-state index contributed by atoms with van der Waals surface area (Å²) in [6.45, 7) is 1.66. The Labute approximate surface area is 98.4 Å². The summed E-state index contributed by atoms with van der Waals surface area (Å²) in [7, 11) is 0. The maximum absolute atomic E-state index is 11.8. The second-order valence-corrected chi connectivity index (χ2v) is 5.43. The third kappa shape index (κ3) is 3.21. The highest BCUT2D eigenvalue weighted by Gasteiger charge is 2.23. The first-order valence-corrected chi connectivity index (χ1v) is 6.79. The van der Waals surface area contributed by atoms with E-state index in [9.17, 15) is 4.79 Å². The number of hydrogen-bond acceptors (Lipinski definition) is 2. The molecule has 0 aromatic heterocycles. The first-order valence-electron chi connectivity index (χ1n) is 6.79. The zero-order valence-electron chi connectivity index (χ0n) is 10.2. The summed E-state index contributed by atoms with van der Waals surface area (Å²) in [6, 6.07) is 0.221. The van der Waals surface area contributed by atoms with Gasteiger partial charge in [-0.25, -0.2) is 0 Å². The molecule has 1 saturated carbocycles. The van der Waals surface area contributed by atoms with Crippen molar-refractivity contribution in [2.75, 3.05) is 13.1 Å². The first kappa shape index (κ1) is 11.9. The van der Waals surface area contributed by atoms with Crippen molar-refractivity contribution in [3.8, 4) is 0 Å². The zero-order valence-corrected chi connectivity index (χ0v) is 10.2. The van der Waals surface area contributed by atoms with E-state index >= 15 is 0 Å². The van der Waals surface area contributed by atoms with Crippen LogP contribution in [0.15, 0.2) is 0 Å². The molecule has 92 valence electrons. The minimum absolute atomic E-state index is 0.221. The summed E-state index contributed by atoms with van der Waals surface area (Å²) in [4.78, 5) is 13.8. The molecule has 3 nitrogen and oxygen atoms in total. The predicted octanol–water partition coefficient (Wildman–Crippen LogP) is 1.91. The van der Waals surface area contributed by atoms with Gasteiger partial charge in [-0.3, -0.25) is 4.79 Å². The Morgan fingerprint density at radius 2 is 2.00 bits per heavy atom. The van der Waals surface area contributed by atoms with Gasteiger partial charge < -0.3 is 10.6 Å². The van der Waals surface area contributed by atoms with Crippen LogP contribution >= 0.6 is 0 Å². The minimum Gasteiger partial charge on any atom is -0.341 e. The summed E-state index contributed by atoms with van der Waals surface area (Å²) in [5.41, 5.74) is 5.80. The molecule has 0 spiro atoms. The third-order valence-corrected chi connectivity index (χ3v) is 4.06. The van der Waals surface area contributed by atoms with Gasteiger partial charge in [-0.05, 0) is 25.2 Å². The number of rotatable bonds is 4. The standard InChI is InChI=1S/C13H24N2O/c14-12-8-9-15(10-12)13(16)7-3-6-11-4-1-2-5-11/h11-12H,1-10,14H2/t12-/m1/s1. The van der Waals surface area contributed by atoms with Crippen LogP contribution in [0, 0.1) is 5.92 Å². The molecule has 1 atom stereocenters. The van der Waals surface area contributed by atoms with Crippen molar-refractivity contribution in [2.45, 2.75) is 57.4 Å². The monoisotopic (exact) mass is 224 g/mol. The SMILES string of the molecule is N[C@@H]1CCN(C(=O)CCCC2CCCC2)C1. The normalized spacial score (nSPS) is 26.6. The van der Waals surface area contributed by atoms with Crippen molar-refractivity contribution in [1.82, 2.24) is 4.90 Å². The van der Waals surface area contributed by atoms with E-state index in [-0.39, 0.29) is 6.04 Å². The van der Waals surface area contributed by atoms with Crippen LogP contribution in [0.1, 0.15) is 51.4 Å². The molecule has 2 fully saturated rings. The van der Waals surface area contributed by atoms with Crippen LogP contribution in [0.25, 0.3) is 0 Å². The lowest BCUT2D eigenvalue weighted by Crippen LogP contribution is -2.31. The molecule has 1 saturated heterocycles. The van der Waals surface area contributed by atoms with Crippen molar-refractivity contribution in [3.05, 3.63) is 0 Å². The molecule has 0 aromatic carbocycles. The van der Waals surface area contributed by atoms with Crippen LogP contribution in [0.4, 0.5) is 0 Å². The molecule has 1 heterocycles. The molecule has 0 aromatic rings. The molecule has 1 aliphatic heterocycles. The van der Waals surface area contributed by atoms with Crippen molar-refractivity contribution in [1.29, 1.82) is 0 Å². The number of amides is 1. The van der Waals surface area contributed by atoms with Crippen molar-refractivity contribution >= 4 is 5.91 Å². The predicted molar refractivity (Wildman–Crippen MR) is 65.0 cm³/mol. The highest BCUT2D eigenvalue weighted by molar-refractivity contribution is 5.76. The molecule has 0 unspecified atom stereocenters. The lowest BCUT2D eigenvalue weighted by molar-refractivity contribution is -0.130. The van der Waals surface area contributed by atoms with Crippen LogP contribution in [0.2, 0.25) is 0 Å².